The van der Waals surface area contributed by atoms with Crippen molar-refractivity contribution in [3.63, 3.8) is 0 Å². The Kier molecular flexibility index (Phi) is 3.60. The predicted octanol–water partition coefficient (Wildman–Crippen LogP) is 3.63. The van der Waals surface area contributed by atoms with Gasteiger partial charge in [-0.25, -0.2) is 13.8 Å². The molecular formula is C21H17F2N3O. The average molecular weight is 365 g/mol. The van der Waals surface area contributed by atoms with E-state index in [1.165, 1.54) is 6.07 Å². The molecule has 0 aliphatic carbocycles. The predicted molar refractivity (Wildman–Crippen MR) is 96.6 cm³/mol. The minimum Gasteiger partial charge on any atom is -0.326 e. The Bertz CT molecular complexity index is 1050. The maximum absolute atomic E-state index is 13.9. The van der Waals surface area contributed by atoms with Gasteiger partial charge in [-0.2, -0.15) is 0 Å². The van der Waals surface area contributed by atoms with Crippen molar-refractivity contribution in [3.05, 3.63) is 82.9 Å². The number of aryl methyl sites for hydroxylation is 1. The van der Waals surface area contributed by atoms with Crippen LogP contribution in [0.3, 0.4) is 0 Å². The van der Waals surface area contributed by atoms with Crippen molar-refractivity contribution in [2.24, 2.45) is 0 Å². The van der Waals surface area contributed by atoms with Gasteiger partial charge in [0, 0.05) is 25.4 Å². The summed E-state index contributed by atoms with van der Waals surface area (Å²) in [6.45, 7) is 0.714. The molecule has 2 aliphatic rings. The Labute approximate surface area is 155 Å². The molecule has 0 spiro atoms. The fourth-order valence-electron chi connectivity index (χ4n) is 4.28. The normalized spacial score (nSPS) is 16.5. The second-order valence-corrected chi connectivity index (χ2v) is 7.07. The summed E-state index contributed by atoms with van der Waals surface area (Å²) in [7, 11) is 0. The molecule has 1 atom stereocenters. The number of halogens is 2. The fourth-order valence-corrected chi connectivity index (χ4v) is 4.28. The van der Waals surface area contributed by atoms with E-state index >= 15 is 0 Å². The summed E-state index contributed by atoms with van der Waals surface area (Å²) in [5.74, 6) is -1.54. The van der Waals surface area contributed by atoms with E-state index < -0.39 is 11.6 Å². The van der Waals surface area contributed by atoms with Gasteiger partial charge in [0.2, 0.25) is 5.91 Å². The van der Waals surface area contributed by atoms with Crippen molar-refractivity contribution in [2.75, 3.05) is 11.4 Å². The van der Waals surface area contributed by atoms with E-state index in [1.54, 1.807) is 18.6 Å². The fraction of sp³-hybridized carbons (Fsp3) is 0.238. The van der Waals surface area contributed by atoms with Crippen LogP contribution in [-0.4, -0.2) is 22.0 Å². The maximum atomic E-state index is 13.9. The van der Waals surface area contributed by atoms with Crippen LogP contribution in [0.4, 0.5) is 14.5 Å². The number of rotatable bonds is 3. The molecule has 0 saturated carbocycles. The van der Waals surface area contributed by atoms with E-state index in [2.05, 4.69) is 17.1 Å². The molecule has 3 heterocycles. The molecule has 0 N–H and O–H groups in total. The van der Waals surface area contributed by atoms with Crippen LogP contribution in [0.25, 0.3) is 0 Å². The van der Waals surface area contributed by atoms with Gasteiger partial charge in [-0.3, -0.25) is 4.79 Å². The van der Waals surface area contributed by atoms with Crippen LogP contribution in [0.15, 0.2) is 49.1 Å². The summed E-state index contributed by atoms with van der Waals surface area (Å²) in [6, 6.07) is 7.88. The number of benzene rings is 2. The lowest BCUT2D eigenvalue weighted by Crippen LogP contribution is -2.32. The number of hydrogen-bond donors (Lipinski definition) is 0. The number of anilines is 1. The molecule has 4 nitrogen and oxygen atoms in total. The molecule has 0 fully saturated rings. The van der Waals surface area contributed by atoms with E-state index in [-0.39, 0.29) is 11.9 Å². The summed E-state index contributed by atoms with van der Waals surface area (Å²) in [5.41, 5.74) is 4.98. The highest BCUT2D eigenvalue weighted by atomic mass is 19.2. The molecule has 3 aromatic rings. The molecule has 2 aliphatic heterocycles. The second-order valence-electron chi connectivity index (χ2n) is 7.07. The molecular weight excluding hydrogens is 348 g/mol. The first-order chi connectivity index (χ1) is 13.1. The number of hydrogen-bond acceptors (Lipinski definition) is 2. The number of aromatic nitrogens is 2. The Morgan fingerprint density at radius 2 is 1.78 bits per heavy atom. The van der Waals surface area contributed by atoms with Crippen molar-refractivity contribution in [3.8, 4) is 0 Å². The van der Waals surface area contributed by atoms with Crippen LogP contribution < -0.4 is 4.90 Å². The van der Waals surface area contributed by atoms with Crippen molar-refractivity contribution in [1.29, 1.82) is 0 Å². The van der Waals surface area contributed by atoms with E-state index in [0.29, 0.717) is 24.9 Å². The topological polar surface area (TPSA) is 38.1 Å². The lowest BCUT2D eigenvalue weighted by Gasteiger charge is -2.27. The number of imidazole rings is 1. The zero-order chi connectivity index (χ0) is 18.5. The third-order valence-corrected chi connectivity index (χ3v) is 5.47. The highest BCUT2D eigenvalue weighted by Crippen LogP contribution is 2.40. The van der Waals surface area contributed by atoms with Gasteiger partial charge in [0.25, 0.3) is 0 Å². The van der Waals surface area contributed by atoms with Crippen molar-refractivity contribution in [1.82, 2.24) is 9.55 Å². The van der Waals surface area contributed by atoms with E-state index in [9.17, 15) is 13.6 Å². The summed E-state index contributed by atoms with van der Waals surface area (Å²) < 4.78 is 29.3. The highest BCUT2D eigenvalue weighted by Gasteiger charge is 2.32. The van der Waals surface area contributed by atoms with Gasteiger partial charge in [0.15, 0.2) is 11.6 Å². The zero-order valence-electron chi connectivity index (χ0n) is 14.5. The van der Waals surface area contributed by atoms with Crippen LogP contribution in [-0.2, 0) is 17.6 Å². The van der Waals surface area contributed by atoms with Gasteiger partial charge >= 0.3 is 0 Å². The van der Waals surface area contributed by atoms with Crippen molar-refractivity contribution >= 4 is 11.6 Å². The summed E-state index contributed by atoms with van der Waals surface area (Å²) in [4.78, 5) is 18.2. The number of amides is 1. The lowest BCUT2D eigenvalue weighted by molar-refractivity contribution is -0.118. The standard InChI is InChI=1S/C21H17F2N3O/c22-17-3-1-14(11-18(17)23)20(25-8-6-24-12-25)16-9-13-2-4-19(27)26-7-5-15(10-16)21(13)26/h1,3,6,8-12,20H,2,4-5,7H2. The van der Waals surface area contributed by atoms with Crippen LogP contribution >= 0.6 is 0 Å². The first-order valence-corrected chi connectivity index (χ1v) is 9.00. The molecule has 1 unspecified atom stereocenters. The van der Waals surface area contributed by atoms with Crippen LogP contribution in [0.1, 0.15) is 34.7 Å². The van der Waals surface area contributed by atoms with Gasteiger partial charge in [0.1, 0.15) is 0 Å². The lowest BCUT2D eigenvalue weighted by atomic mass is 9.91. The number of carbonyl (C=O) groups is 1. The van der Waals surface area contributed by atoms with Crippen LogP contribution in [0.5, 0.6) is 0 Å². The number of nitrogens with zero attached hydrogens (tertiary/aromatic N) is 3. The quantitative estimate of drug-likeness (QED) is 0.711. The molecule has 136 valence electrons. The second kappa shape index (κ2) is 6.01. The van der Waals surface area contributed by atoms with E-state index in [1.807, 2.05) is 15.7 Å². The third-order valence-electron chi connectivity index (χ3n) is 5.47. The molecule has 1 aromatic heterocycles. The summed E-state index contributed by atoms with van der Waals surface area (Å²) in [6.07, 6.45) is 7.21. The first kappa shape index (κ1) is 16.2. The van der Waals surface area contributed by atoms with Crippen LogP contribution in [0.2, 0.25) is 0 Å². The Balaban J connectivity index is 1.68. The molecule has 1 amide bonds. The summed E-state index contributed by atoms with van der Waals surface area (Å²) in [5, 5.41) is 0. The molecule has 0 radical (unpaired) electrons. The van der Waals surface area contributed by atoms with Crippen molar-refractivity contribution in [2.45, 2.75) is 25.3 Å². The third kappa shape index (κ3) is 2.55. The molecule has 6 heteroatoms. The maximum Gasteiger partial charge on any atom is 0.227 e. The molecule has 5 rings (SSSR count). The largest absolute Gasteiger partial charge is 0.326 e. The zero-order valence-corrected chi connectivity index (χ0v) is 14.5. The first-order valence-electron chi connectivity index (χ1n) is 9.00. The van der Waals surface area contributed by atoms with Gasteiger partial charge in [-0.15, -0.1) is 0 Å². The Morgan fingerprint density at radius 1 is 0.963 bits per heavy atom. The average Bonchev–Trinajstić information content (AvgIpc) is 3.32. The molecule has 2 aromatic carbocycles. The monoisotopic (exact) mass is 365 g/mol. The van der Waals surface area contributed by atoms with Gasteiger partial charge in [-0.05, 0) is 47.2 Å². The minimum absolute atomic E-state index is 0.181. The van der Waals surface area contributed by atoms with Gasteiger partial charge in [-0.1, -0.05) is 18.2 Å². The Morgan fingerprint density at radius 3 is 2.52 bits per heavy atom. The molecule has 27 heavy (non-hydrogen) atoms. The van der Waals surface area contributed by atoms with Gasteiger partial charge < -0.3 is 9.47 Å². The van der Waals surface area contributed by atoms with Gasteiger partial charge in [0.05, 0.1) is 18.1 Å². The smallest absolute Gasteiger partial charge is 0.227 e. The highest BCUT2D eigenvalue weighted by molar-refractivity contribution is 5.98. The SMILES string of the molecule is O=C1CCc2cc(C(c3ccc(F)c(F)c3)n3ccnc3)cc3c2N1CC3. The van der Waals surface area contributed by atoms with Crippen LogP contribution in [0, 0.1) is 11.6 Å². The number of carbonyl (C=O) groups excluding carboxylic acids is 1. The molecule has 0 saturated heterocycles. The van der Waals surface area contributed by atoms with Crippen molar-refractivity contribution < 1.29 is 13.6 Å². The summed E-state index contributed by atoms with van der Waals surface area (Å²) >= 11 is 0. The van der Waals surface area contributed by atoms with E-state index in [0.717, 1.165) is 34.9 Å². The Hall–Kier alpha value is -3.02. The molecule has 0 bridgehead atoms. The van der Waals surface area contributed by atoms with E-state index in [4.69, 9.17) is 0 Å². The minimum atomic E-state index is -0.864.